The van der Waals surface area contributed by atoms with Gasteiger partial charge in [-0.1, -0.05) is 41.9 Å². The molecule has 8 heteroatoms. The lowest BCUT2D eigenvalue weighted by Crippen LogP contribution is -2.38. The van der Waals surface area contributed by atoms with Gasteiger partial charge in [0.15, 0.2) is 0 Å². The Labute approximate surface area is 185 Å². The molecule has 4 rings (SSSR count). The van der Waals surface area contributed by atoms with Crippen molar-refractivity contribution in [2.24, 2.45) is 0 Å². The van der Waals surface area contributed by atoms with Crippen LogP contribution in [0.15, 0.2) is 48.5 Å². The van der Waals surface area contributed by atoms with Crippen LogP contribution in [0.2, 0.25) is 5.02 Å². The molecule has 30 heavy (non-hydrogen) atoms. The molecule has 6 nitrogen and oxygen atoms in total. The van der Waals surface area contributed by atoms with Gasteiger partial charge in [-0.05, 0) is 42.7 Å². The van der Waals surface area contributed by atoms with E-state index in [2.05, 4.69) is 14.6 Å². The SMILES string of the molecule is Cc1ccccc1NC(=O)N1CCCN(c2nc(Cc3ccc(Cl)cc3)ns2)CC1. The van der Waals surface area contributed by atoms with Crippen LogP contribution in [0.5, 0.6) is 0 Å². The van der Waals surface area contributed by atoms with Gasteiger partial charge in [-0.3, -0.25) is 0 Å². The molecule has 2 amide bonds. The number of carbonyl (C=O) groups is 1. The number of hydrogen-bond donors (Lipinski definition) is 1. The smallest absolute Gasteiger partial charge is 0.321 e. The molecule has 0 radical (unpaired) electrons. The Morgan fingerprint density at radius 3 is 2.70 bits per heavy atom. The number of anilines is 2. The Bertz CT molecular complexity index is 1010. The summed E-state index contributed by atoms with van der Waals surface area (Å²) in [6.07, 6.45) is 1.58. The van der Waals surface area contributed by atoms with Crippen LogP contribution < -0.4 is 10.2 Å². The van der Waals surface area contributed by atoms with Crippen molar-refractivity contribution in [1.29, 1.82) is 0 Å². The molecule has 1 N–H and O–H groups in total. The summed E-state index contributed by atoms with van der Waals surface area (Å²) < 4.78 is 4.52. The number of hydrogen-bond acceptors (Lipinski definition) is 5. The second kappa shape index (κ2) is 9.45. The second-order valence-corrected chi connectivity index (χ2v) is 8.54. The van der Waals surface area contributed by atoms with E-state index in [9.17, 15) is 4.79 Å². The van der Waals surface area contributed by atoms with Gasteiger partial charge in [0.05, 0.1) is 0 Å². The summed E-state index contributed by atoms with van der Waals surface area (Å²) in [5, 5.41) is 4.68. The number of halogens is 1. The molecule has 2 aromatic carbocycles. The van der Waals surface area contributed by atoms with Crippen molar-refractivity contribution in [3.05, 3.63) is 70.5 Å². The van der Waals surface area contributed by atoms with Crippen LogP contribution in [0.1, 0.15) is 23.4 Å². The Balaban J connectivity index is 1.35. The van der Waals surface area contributed by atoms with Gasteiger partial charge in [-0.2, -0.15) is 4.37 Å². The first kappa shape index (κ1) is 20.6. The van der Waals surface area contributed by atoms with E-state index >= 15 is 0 Å². The Kier molecular flexibility index (Phi) is 6.50. The number of nitrogens with zero attached hydrogens (tertiary/aromatic N) is 4. The molecule has 0 saturated carbocycles. The van der Waals surface area contributed by atoms with Crippen LogP contribution in [0.25, 0.3) is 0 Å². The zero-order valence-corrected chi connectivity index (χ0v) is 18.4. The van der Waals surface area contributed by atoms with Crippen molar-refractivity contribution in [2.75, 3.05) is 36.4 Å². The maximum Gasteiger partial charge on any atom is 0.321 e. The van der Waals surface area contributed by atoms with Crippen LogP contribution >= 0.6 is 23.1 Å². The maximum absolute atomic E-state index is 12.7. The Morgan fingerprint density at radius 1 is 1.10 bits per heavy atom. The summed E-state index contributed by atoms with van der Waals surface area (Å²) >= 11 is 7.38. The summed E-state index contributed by atoms with van der Waals surface area (Å²) in [5.74, 6) is 0.815. The summed E-state index contributed by atoms with van der Waals surface area (Å²) in [6.45, 7) is 4.99. The van der Waals surface area contributed by atoms with E-state index in [-0.39, 0.29) is 6.03 Å². The van der Waals surface area contributed by atoms with Crippen molar-refractivity contribution in [3.8, 4) is 0 Å². The highest BCUT2D eigenvalue weighted by molar-refractivity contribution is 7.09. The van der Waals surface area contributed by atoms with Crippen LogP contribution in [0.4, 0.5) is 15.6 Å². The third-order valence-electron chi connectivity index (χ3n) is 5.17. The minimum absolute atomic E-state index is 0.0492. The van der Waals surface area contributed by atoms with E-state index < -0.39 is 0 Å². The first-order valence-corrected chi connectivity index (χ1v) is 11.2. The number of carbonyl (C=O) groups excluding carboxylic acids is 1. The zero-order valence-electron chi connectivity index (χ0n) is 16.8. The van der Waals surface area contributed by atoms with Gasteiger partial charge in [0.25, 0.3) is 0 Å². The lowest BCUT2D eigenvalue weighted by Gasteiger charge is -2.22. The number of amides is 2. The first-order chi connectivity index (χ1) is 14.6. The molecule has 0 spiro atoms. The molecular formula is C22H24ClN5OS. The fraction of sp³-hybridized carbons (Fsp3) is 0.318. The van der Waals surface area contributed by atoms with Crippen molar-refractivity contribution < 1.29 is 4.79 Å². The van der Waals surface area contributed by atoms with Crippen molar-refractivity contribution in [2.45, 2.75) is 19.8 Å². The summed E-state index contributed by atoms with van der Waals surface area (Å²) in [7, 11) is 0. The average Bonchev–Trinajstić information content (AvgIpc) is 3.06. The van der Waals surface area contributed by atoms with Gasteiger partial charge in [-0.25, -0.2) is 9.78 Å². The number of urea groups is 1. The van der Waals surface area contributed by atoms with Crippen molar-refractivity contribution in [1.82, 2.24) is 14.3 Å². The number of nitrogens with one attached hydrogen (secondary N) is 1. The molecule has 1 saturated heterocycles. The monoisotopic (exact) mass is 441 g/mol. The molecule has 0 atom stereocenters. The van der Waals surface area contributed by atoms with E-state index in [1.807, 2.05) is 60.4 Å². The van der Waals surface area contributed by atoms with Gasteiger partial charge in [-0.15, -0.1) is 0 Å². The minimum Gasteiger partial charge on any atom is -0.345 e. The molecule has 1 aliphatic rings. The van der Waals surface area contributed by atoms with E-state index in [0.29, 0.717) is 13.0 Å². The average molecular weight is 442 g/mol. The first-order valence-electron chi connectivity index (χ1n) is 10.0. The predicted molar refractivity (Wildman–Crippen MR) is 123 cm³/mol. The van der Waals surface area contributed by atoms with Gasteiger partial charge in [0.1, 0.15) is 5.82 Å². The van der Waals surface area contributed by atoms with Crippen LogP contribution in [0, 0.1) is 6.92 Å². The van der Waals surface area contributed by atoms with Gasteiger partial charge in [0.2, 0.25) is 5.13 Å². The standard InChI is InChI=1S/C22H24ClN5OS/c1-16-5-2-3-6-19(16)24-21(29)27-11-4-12-28(14-13-27)22-25-20(26-30-22)15-17-7-9-18(23)10-8-17/h2-3,5-10H,4,11-15H2,1H3,(H,24,29). The number of para-hydroxylation sites is 1. The largest absolute Gasteiger partial charge is 0.345 e. The number of aryl methyl sites for hydroxylation is 1. The Morgan fingerprint density at radius 2 is 1.90 bits per heavy atom. The molecule has 0 aliphatic carbocycles. The van der Waals surface area contributed by atoms with E-state index in [0.717, 1.165) is 58.8 Å². The molecule has 2 heterocycles. The lowest BCUT2D eigenvalue weighted by atomic mass is 10.1. The second-order valence-electron chi connectivity index (χ2n) is 7.37. The molecule has 1 aromatic heterocycles. The molecule has 1 aliphatic heterocycles. The topological polar surface area (TPSA) is 61.4 Å². The number of rotatable bonds is 4. The predicted octanol–water partition coefficient (Wildman–Crippen LogP) is 4.83. The van der Waals surface area contributed by atoms with Crippen molar-refractivity contribution >= 4 is 40.0 Å². The highest BCUT2D eigenvalue weighted by Gasteiger charge is 2.21. The lowest BCUT2D eigenvalue weighted by molar-refractivity contribution is 0.215. The normalized spacial score (nSPS) is 14.5. The number of benzene rings is 2. The molecular weight excluding hydrogens is 418 g/mol. The molecule has 0 bridgehead atoms. The molecule has 1 fully saturated rings. The maximum atomic E-state index is 12.7. The third-order valence-corrected chi connectivity index (χ3v) is 6.24. The summed E-state index contributed by atoms with van der Waals surface area (Å²) in [4.78, 5) is 21.5. The van der Waals surface area contributed by atoms with Gasteiger partial charge < -0.3 is 15.1 Å². The fourth-order valence-corrected chi connectivity index (χ4v) is 4.31. The molecule has 156 valence electrons. The minimum atomic E-state index is -0.0492. The summed E-state index contributed by atoms with van der Waals surface area (Å²) in [5.41, 5.74) is 3.06. The van der Waals surface area contributed by atoms with E-state index in [1.165, 1.54) is 11.5 Å². The highest BCUT2D eigenvalue weighted by Crippen LogP contribution is 2.22. The molecule has 0 unspecified atom stereocenters. The van der Waals surface area contributed by atoms with Crippen LogP contribution in [-0.2, 0) is 6.42 Å². The fourth-order valence-electron chi connectivity index (χ4n) is 3.45. The van der Waals surface area contributed by atoms with Crippen LogP contribution in [-0.4, -0.2) is 46.5 Å². The quantitative estimate of drug-likeness (QED) is 0.629. The highest BCUT2D eigenvalue weighted by atomic mass is 35.5. The van der Waals surface area contributed by atoms with Gasteiger partial charge >= 0.3 is 6.03 Å². The third kappa shape index (κ3) is 5.09. The van der Waals surface area contributed by atoms with E-state index in [4.69, 9.17) is 16.6 Å². The van der Waals surface area contributed by atoms with Crippen molar-refractivity contribution in [3.63, 3.8) is 0 Å². The molecule has 3 aromatic rings. The summed E-state index contributed by atoms with van der Waals surface area (Å²) in [6, 6.07) is 15.6. The Hall–Kier alpha value is -2.64. The van der Waals surface area contributed by atoms with Crippen LogP contribution in [0.3, 0.4) is 0 Å². The van der Waals surface area contributed by atoms with Gasteiger partial charge in [0, 0.05) is 54.8 Å². The number of aromatic nitrogens is 2. The van der Waals surface area contributed by atoms with E-state index in [1.54, 1.807) is 0 Å². The zero-order chi connectivity index (χ0) is 20.9.